The Kier molecular flexibility index (Phi) is 8.17. The molecule has 2 fully saturated rings. The van der Waals surface area contributed by atoms with Crippen molar-refractivity contribution < 1.29 is 34.4 Å². The lowest BCUT2D eigenvalue weighted by Crippen LogP contribution is -2.70. The zero-order valence-corrected chi connectivity index (χ0v) is 24.5. The second kappa shape index (κ2) is 10.5. The molecule has 0 aromatic heterocycles. The highest BCUT2D eigenvalue weighted by Crippen LogP contribution is 2.67. The van der Waals surface area contributed by atoms with E-state index in [-0.39, 0.29) is 17.8 Å². The lowest BCUT2D eigenvalue weighted by Gasteiger charge is -2.62. The predicted octanol–water partition coefficient (Wildman–Crippen LogP) is 4.70. The van der Waals surface area contributed by atoms with Crippen molar-refractivity contribution in [1.29, 1.82) is 0 Å². The van der Waals surface area contributed by atoms with E-state index in [4.69, 9.17) is 9.47 Å². The van der Waals surface area contributed by atoms with Crippen LogP contribution >= 0.6 is 0 Å². The van der Waals surface area contributed by atoms with Crippen molar-refractivity contribution in [3.63, 3.8) is 0 Å². The van der Waals surface area contributed by atoms with Crippen LogP contribution in [-0.2, 0) is 19.1 Å². The number of aliphatic hydroxyl groups is 3. The second-order valence-corrected chi connectivity index (χ2v) is 13.8. The van der Waals surface area contributed by atoms with E-state index in [0.29, 0.717) is 37.0 Å². The van der Waals surface area contributed by atoms with Crippen LogP contribution in [0, 0.1) is 34.5 Å². The van der Waals surface area contributed by atoms with Crippen molar-refractivity contribution in [2.75, 3.05) is 0 Å². The summed E-state index contributed by atoms with van der Waals surface area (Å²) >= 11 is 0. The largest absolute Gasteiger partial charge is 0.455 e. The number of ether oxygens (including phenoxy) is 2. The fourth-order valence-electron chi connectivity index (χ4n) is 9.20. The van der Waals surface area contributed by atoms with Gasteiger partial charge in [0.2, 0.25) is 0 Å². The maximum absolute atomic E-state index is 12.4. The van der Waals surface area contributed by atoms with Gasteiger partial charge in [-0.1, -0.05) is 53.9 Å². The molecule has 0 spiro atoms. The van der Waals surface area contributed by atoms with E-state index in [2.05, 4.69) is 27.7 Å². The van der Waals surface area contributed by atoms with Gasteiger partial charge in [-0.15, -0.1) is 0 Å². The van der Waals surface area contributed by atoms with E-state index < -0.39 is 47.4 Å². The molecule has 0 radical (unpaired) electrons. The topological polar surface area (TPSA) is 113 Å². The standard InChI is InChI=1S/C31H50O7/c1-17(2)9-8-10-18(3)22-11-12-23-25-26(24(35)16-29(22,23)6)30(7)14-13-21(34)15-31(30,36)28(38-20(5)33)27(25)37-19(4)32/h17-18,21-24,27-28,34-36H,8-16H2,1-7H3/t18-,21+,22-,23+,24-,27+,28+,29-,30-,31+/m1/s1. The lowest BCUT2D eigenvalue weighted by atomic mass is 9.46. The summed E-state index contributed by atoms with van der Waals surface area (Å²) in [6, 6.07) is 0. The number of fused-ring (bicyclic) bond motifs is 4. The van der Waals surface area contributed by atoms with Crippen molar-refractivity contribution in [2.45, 2.75) is 136 Å². The van der Waals surface area contributed by atoms with E-state index in [0.717, 1.165) is 30.4 Å². The number of esters is 2. The first-order valence-corrected chi connectivity index (χ1v) is 14.8. The molecule has 4 rings (SSSR count). The van der Waals surface area contributed by atoms with Gasteiger partial charge in [-0.2, -0.15) is 0 Å². The van der Waals surface area contributed by atoms with Crippen LogP contribution in [0.2, 0.25) is 0 Å². The summed E-state index contributed by atoms with van der Waals surface area (Å²) in [4.78, 5) is 24.8. The van der Waals surface area contributed by atoms with Gasteiger partial charge in [-0.25, -0.2) is 0 Å². The fourth-order valence-corrected chi connectivity index (χ4v) is 9.20. The number of rotatable bonds is 7. The van der Waals surface area contributed by atoms with Gasteiger partial charge in [0, 0.05) is 25.7 Å². The third-order valence-corrected chi connectivity index (χ3v) is 10.9. The number of carbonyl (C=O) groups is 2. The minimum absolute atomic E-state index is 0.0137. The fraction of sp³-hybridized carbons (Fsp3) is 0.871. The van der Waals surface area contributed by atoms with Gasteiger partial charge >= 0.3 is 11.9 Å². The smallest absolute Gasteiger partial charge is 0.303 e. The SMILES string of the molecule is CC(=O)O[C@H]1C2=C([C@H](O)C[C@]3(C)[C@@H]([C@H](C)CCCC(C)C)CC[C@@H]23)[C@@]2(C)CC[C@H](O)C[C@]2(O)[C@H]1OC(C)=O. The first-order valence-electron chi connectivity index (χ1n) is 14.8. The molecule has 0 bridgehead atoms. The normalized spacial score (nSPS) is 43.2. The molecule has 0 heterocycles. The second-order valence-electron chi connectivity index (χ2n) is 13.8. The average molecular weight is 535 g/mol. The summed E-state index contributed by atoms with van der Waals surface area (Å²) in [6.45, 7) is 13.7. The van der Waals surface area contributed by atoms with Crippen molar-refractivity contribution in [3.05, 3.63) is 11.1 Å². The zero-order valence-electron chi connectivity index (χ0n) is 24.5. The summed E-state index contributed by atoms with van der Waals surface area (Å²) < 4.78 is 11.7. The minimum Gasteiger partial charge on any atom is -0.455 e. The van der Waals surface area contributed by atoms with Crippen LogP contribution in [0.15, 0.2) is 11.1 Å². The number of aliphatic hydroxyl groups excluding tert-OH is 2. The molecular weight excluding hydrogens is 484 g/mol. The highest BCUT2D eigenvalue weighted by Gasteiger charge is 2.69. The molecule has 0 aliphatic heterocycles. The Morgan fingerprint density at radius 3 is 2.24 bits per heavy atom. The molecule has 0 aromatic rings. The van der Waals surface area contributed by atoms with Crippen molar-refractivity contribution in [1.82, 2.24) is 0 Å². The van der Waals surface area contributed by atoms with Gasteiger partial charge in [0.25, 0.3) is 0 Å². The molecule has 7 nitrogen and oxygen atoms in total. The van der Waals surface area contributed by atoms with Crippen LogP contribution in [-0.4, -0.2) is 57.3 Å². The van der Waals surface area contributed by atoms with Gasteiger partial charge in [-0.05, 0) is 72.3 Å². The number of carbonyl (C=O) groups excluding carboxylic acids is 2. The van der Waals surface area contributed by atoms with Crippen molar-refractivity contribution >= 4 is 11.9 Å². The van der Waals surface area contributed by atoms with Crippen LogP contribution in [0.4, 0.5) is 0 Å². The van der Waals surface area contributed by atoms with Crippen LogP contribution in [0.3, 0.4) is 0 Å². The van der Waals surface area contributed by atoms with E-state index in [1.54, 1.807) is 0 Å². The highest BCUT2D eigenvalue weighted by atomic mass is 16.6. The van der Waals surface area contributed by atoms with Crippen LogP contribution in [0.1, 0.15) is 106 Å². The molecule has 0 saturated heterocycles. The predicted molar refractivity (Wildman–Crippen MR) is 144 cm³/mol. The Hall–Kier alpha value is -1.44. The van der Waals surface area contributed by atoms with Gasteiger partial charge in [0.15, 0.2) is 12.2 Å². The molecule has 2 saturated carbocycles. The molecule has 7 heteroatoms. The van der Waals surface area contributed by atoms with Crippen LogP contribution in [0.5, 0.6) is 0 Å². The summed E-state index contributed by atoms with van der Waals surface area (Å²) in [5.41, 5.74) is -1.19. The molecular formula is C31H50O7. The molecule has 38 heavy (non-hydrogen) atoms. The van der Waals surface area contributed by atoms with Crippen LogP contribution < -0.4 is 0 Å². The van der Waals surface area contributed by atoms with Crippen LogP contribution in [0.25, 0.3) is 0 Å². The molecule has 0 aromatic carbocycles. The minimum atomic E-state index is -1.67. The number of hydrogen-bond acceptors (Lipinski definition) is 7. The molecule has 0 amide bonds. The van der Waals surface area contributed by atoms with Gasteiger partial charge in [0.05, 0.1) is 12.2 Å². The van der Waals surface area contributed by atoms with Gasteiger partial charge in [-0.3, -0.25) is 9.59 Å². The average Bonchev–Trinajstić information content (AvgIpc) is 3.13. The molecule has 4 aliphatic rings. The Bertz CT molecular complexity index is 958. The van der Waals surface area contributed by atoms with E-state index >= 15 is 0 Å². The zero-order chi connectivity index (χ0) is 28.2. The quantitative estimate of drug-likeness (QED) is 0.320. The van der Waals surface area contributed by atoms with E-state index in [1.807, 2.05) is 6.92 Å². The van der Waals surface area contributed by atoms with E-state index in [1.165, 1.54) is 26.7 Å². The molecule has 0 unspecified atom stereocenters. The molecule has 10 atom stereocenters. The summed E-state index contributed by atoms with van der Waals surface area (Å²) in [5.74, 6) is 0.534. The third kappa shape index (κ3) is 4.75. The third-order valence-electron chi connectivity index (χ3n) is 10.9. The van der Waals surface area contributed by atoms with Gasteiger partial charge < -0.3 is 24.8 Å². The Morgan fingerprint density at radius 2 is 1.63 bits per heavy atom. The summed E-state index contributed by atoms with van der Waals surface area (Å²) in [7, 11) is 0. The molecule has 3 N–H and O–H groups in total. The summed E-state index contributed by atoms with van der Waals surface area (Å²) in [5, 5.41) is 34.8. The first-order chi connectivity index (χ1) is 17.7. The summed E-state index contributed by atoms with van der Waals surface area (Å²) in [6.07, 6.45) is 3.24. The molecule has 4 aliphatic carbocycles. The van der Waals surface area contributed by atoms with E-state index in [9.17, 15) is 24.9 Å². The first kappa shape index (κ1) is 29.5. The number of hydrogen-bond donors (Lipinski definition) is 3. The van der Waals surface area contributed by atoms with Crippen molar-refractivity contribution in [3.8, 4) is 0 Å². The van der Waals surface area contributed by atoms with Crippen molar-refractivity contribution in [2.24, 2.45) is 34.5 Å². The Morgan fingerprint density at radius 1 is 0.974 bits per heavy atom. The highest BCUT2D eigenvalue weighted by molar-refractivity contribution is 5.68. The Balaban J connectivity index is 1.83. The monoisotopic (exact) mass is 534 g/mol. The lowest BCUT2D eigenvalue weighted by molar-refractivity contribution is -0.236. The molecule has 216 valence electrons. The van der Waals surface area contributed by atoms with Gasteiger partial charge in [0.1, 0.15) is 5.60 Å². The maximum atomic E-state index is 12.4. The maximum Gasteiger partial charge on any atom is 0.303 e. The Labute approximate surface area is 228 Å².